The Kier molecular flexibility index (Phi) is 34.4. The average Bonchev–Trinajstić information content (AvgIpc) is 1.20. The highest BCUT2D eigenvalue weighted by molar-refractivity contribution is 9.09. The fourth-order valence-corrected chi connectivity index (χ4v) is 13.4. The number of halogens is 1. The molecule has 97 heavy (non-hydrogen) atoms. The number of amides is 4. The van der Waals surface area contributed by atoms with Crippen LogP contribution in [0.2, 0.25) is 0 Å². The highest BCUT2D eigenvalue weighted by atomic mass is 79.9. The molecule has 2 fully saturated rings. The predicted octanol–water partition coefficient (Wildman–Crippen LogP) is 4.86. The van der Waals surface area contributed by atoms with E-state index >= 15 is 4.79 Å². The van der Waals surface area contributed by atoms with Crippen LogP contribution in [0, 0.1) is 39.7 Å². The van der Waals surface area contributed by atoms with Crippen LogP contribution in [0.15, 0.2) is 60.8 Å². The van der Waals surface area contributed by atoms with Gasteiger partial charge in [-0.2, -0.15) is 0 Å². The fourth-order valence-electron chi connectivity index (χ4n) is 13.2. The van der Waals surface area contributed by atoms with E-state index in [-0.39, 0.29) is 54.3 Å². The molecule has 29 heteroatoms. The largest absolute Gasteiger partial charge is 0.513 e. The number of benzene rings is 2. The third kappa shape index (κ3) is 22.7. The maximum atomic E-state index is 15.2. The van der Waals surface area contributed by atoms with Gasteiger partial charge in [-0.25, -0.2) is 4.79 Å². The minimum absolute atomic E-state index is 0.0242. The Labute approximate surface area is 579 Å². The first-order valence-electron chi connectivity index (χ1n) is 34.3. The van der Waals surface area contributed by atoms with E-state index in [2.05, 4.69) is 47.5 Å². The maximum absolute atomic E-state index is 15.2. The molecule has 3 aromatic rings. The Morgan fingerprint density at radius 2 is 1.49 bits per heavy atom. The van der Waals surface area contributed by atoms with Crippen LogP contribution in [0.25, 0.3) is 0 Å². The van der Waals surface area contributed by atoms with Crippen LogP contribution in [0.4, 0.5) is 4.79 Å². The lowest BCUT2D eigenvalue weighted by molar-refractivity contribution is -0.706. The number of carbonyl (C=O) groups is 4. The SMILES string of the molecule is CC[C@H](C)[C@@H](CNC(=O)[C@@H](NC(=O)[C@H](C(C)C)N(C(=O)OC)C(Cc1cn(CCCCCCCCCCNC(=O)CBr)nn1)c1ccc(OC2([N+](=O)[O-])O[C@H](CO)[C@H](O)[C@H](O)[C@H]2O)cc1)C(C)C)[C@@H](C[C@H](O)N1CCC[C@H]1[C@H](OC)[C@@H](C)[C@@H](O)N[C@H](C)[C@@H](O)c1ccccc1)OC. The summed E-state index contributed by atoms with van der Waals surface area (Å²) in [5.74, 6) is -6.61. The molecule has 0 spiro atoms. The molecule has 18 atom stereocenters. The first-order chi connectivity index (χ1) is 46.2. The maximum Gasteiger partial charge on any atom is 0.513 e. The Balaban J connectivity index is 1.36. The summed E-state index contributed by atoms with van der Waals surface area (Å²) in [5, 5.41) is 110. The number of ether oxygens (including phenoxy) is 5. The molecule has 11 N–H and O–H groups in total. The fraction of sp³-hybridized carbons (Fsp3) is 0.735. The Bertz CT molecular complexity index is 2830. The number of nitrogens with zero attached hydrogens (tertiary/aromatic N) is 6. The summed E-state index contributed by atoms with van der Waals surface area (Å²) in [4.78, 5) is 70.6. The van der Waals surface area contributed by atoms with Gasteiger partial charge >= 0.3 is 12.0 Å². The Hall–Kier alpha value is -5.54. The van der Waals surface area contributed by atoms with Gasteiger partial charge < -0.3 is 70.6 Å². The minimum Gasteiger partial charge on any atom is -0.453 e. The van der Waals surface area contributed by atoms with Crippen molar-refractivity contribution in [2.45, 2.75) is 237 Å². The molecule has 2 aliphatic rings. The molecule has 2 saturated heterocycles. The van der Waals surface area contributed by atoms with Gasteiger partial charge in [0, 0.05) is 83.4 Å². The molecule has 3 heterocycles. The molecule has 2 aromatic carbocycles. The number of nitrogens with one attached hydrogen (secondary N) is 4. The zero-order valence-electron chi connectivity index (χ0n) is 58.4. The summed E-state index contributed by atoms with van der Waals surface area (Å²) < 4.78 is 30.4. The van der Waals surface area contributed by atoms with Gasteiger partial charge in [-0.15, -0.1) is 5.10 Å². The Morgan fingerprint density at radius 3 is 2.07 bits per heavy atom. The van der Waals surface area contributed by atoms with E-state index < -0.39 is 132 Å². The van der Waals surface area contributed by atoms with Gasteiger partial charge in [-0.3, -0.25) is 49.0 Å². The topological polar surface area (TPSA) is 384 Å². The van der Waals surface area contributed by atoms with Crippen molar-refractivity contribution >= 4 is 39.7 Å². The number of aryl methyl sites for hydroxylation is 1. The van der Waals surface area contributed by atoms with Gasteiger partial charge in [0.1, 0.15) is 53.5 Å². The van der Waals surface area contributed by atoms with Gasteiger partial charge in [0.25, 0.3) is 0 Å². The summed E-state index contributed by atoms with van der Waals surface area (Å²) in [7, 11) is 4.32. The van der Waals surface area contributed by atoms with Crippen LogP contribution < -0.4 is 26.0 Å². The number of nitro groups is 1. The molecule has 2 aliphatic heterocycles. The Morgan fingerprint density at radius 1 is 0.845 bits per heavy atom. The second-order valence-corrected chi connectivity index (χ2v) is 27.2. The van der Waals surface area contributed by atoms with E-state index in [1.165, 1.54) is 29.2 Å². The van der Waals surface area contributed by atoms with Crippen molar-refractivity contribution in [2.75, 3.05) is 52.9 Å². The van der Waals surface area contributed by atoms with Crippen molar-refractivity contribution in [1.29, 1.82) is 0 Å². The number of aliphatic hydroxyl groups excluding tert-OH is 7. The predicted molar refractivity (Wildman–Crippen MR) is 364 cm³/mol. The molecule has 1 aromatic heterocycles. The highest BCUT2D eigenvalue weighted by Gasteiger charge is 2.66. The van der Waals surface area contributed by atoms with Gasteiger partial charge in [-0.1, -0.05) is 157 Å². The standard InChI is InChI=1S/C68H111BrN10O18/c1-12-43(6)50(53(93-9)36-56(82)77-34-24-27-51(77)62(94-10)44(7)64(87)72-45(8)59(83)47-25-20-19-21-26-47)38-71-65(88)57(41(2)3)73-66(89)58(42(4)5)78(67(90)95-11)52(35-48-39-76(75-74-48)33-23-18-16-14-13-15-17-22-32-70-55(81)37-69)46-28-30-49(31-29-46)96-68(79(91)92)63(86)61(85)60(84)54(40-80)97-68/h19-21,25-26,28-31,39,41-45,50-54,56-64,72,80,82-87H,12-18,22-24,27,32-38,40H2,1-11H3,(H,70,81)(H,71,88)(H,73,89)/t43-,44+,45+,50+,51-,52?,53+,54+,56-,57-,58-,59+,60-,61-,62+,63+,64+,68?/m0/s1. The summed E-state index contributed by atoms with van der Waals surface area (Å²) in [6.45, 7) is 15.7. The molecule has 2 unspecified atom stereocenters. The average molecular weight is 1440 g/mol. The summed E-state index contributed by atoms with van der Waals surface area (Å²) >= 11 is 3.15. The number of methoxy groups -OCH3 is 3. The number of rotatable bonds is 43. The molecule has 0 bridgehead atoms. The van der Waals surface area contributed by atoms with Gasteiger partial charge in [-0.05, 0) is 73.6 Å². The molecule has 28 nitrogen and oxygen atoms in total. The first kappa shape index (κ1) is 82.1. The van der Waals surface area contributed by atoms with Crippen LogP contribution in [0.5, 0.6) is 5.75 Å². The molecule has 4 amide bonds. The number of alkyl halides is 1. The lowest BCUT2D eigenvalue weighted by Crippen LogP contribution is -2.70. The number of hydrogen-bond acceptors (Lipinski definition) is 22. The van der Waals surface area contributed by atoms with Crippen molar-refractivity contribution in [3.63, 3.8) is 0 Å². The van der Waals surface area contributed by atoms with Crippen LogP contribution in [-0.2, 0) is 46.3 Å². The third-order valence-electron chi connectivity index (χ3n) is 19.2. The molecular formula is C68H111BrN10O18. The lowest BCUT2D eigenvalue weighted by Gasteiger charge is -2.41. The van der Waals surface area contributed by atoms with Crippen LogP contribution in [-0.4, -0.2) is 221 Å². The lowest BCUT2D eigenvalue weighted by atomic mass is 9.84. The molecule has 548 valence electrons. The van der Waals surface area contributed by atoms with E-state index in [1.807, 2.05) is 56.0 Å². The molecule has 0 aliphatic carbocycles. The first-order valence-corrected chi connectivity index (χ1v) is 35.4. The number of unbranched alkanes of at least 4 members (excludes halogenated alkanes) is 7. The normalized spacial score (nSPS) is 22.8. The van der Waals surface area contributed by atoms with Crippen molar-refractivity contribution in [1.82, 2.24) is 46.1 Å². The minimum atomic E-state index is -3.19. The zero-order chi connectivity index (χ0) is 71.7. The molecular weight excluding hydrogens is 1320 g/mol. The van der Waals surface area contributed by atoms with Crippen LogP contribution in [0.1, 0.15) is 161 Å². The number of carbonyl (C=O) groups excluding carboxylic acids is 4. The highest BCUT2D eigenvalue weighted by Crippen LogP contribution is 2.37. The number of aliphatic hydroxyl groups is 7. The number of aromatic nitrogens is 3. The van der Waals surface area contributed by atoms with Crippen molar-refractivity contribution in [2.24, 2.45) is 29.6 Å². The second kappa shape index (κ2) is 40.6. The molecule has 0 radical (unpaired) electrons. The monoisotopic (exact) mass is 1430 g/mol. The molecule has 0 saturated carbocycles. The second-order valence-electron chi connectivity index (χ2n) is 26.7. The van der Waals surface area contributed by atoms with Crippen molar-refractivity contribution in [3.05, 3.63) is 87.7 Å². The third-order valence-corrected chi connectivity index (χ3v) is 19.7. The van der Waals surface area contributed by atoms with E-state index in [9.17, 15) is 60.2 Å². The number of hydrogen-bond donors (Lipinski definition) is 11. The smallest absolute Gasteiger partial charge is 0.453 e. The van der Waals surface area contributed by atoms with Crippen molar-refractivity contribution in [3.8, 4) is 5.75 Å². The number of likely N-dealkylation sites (tertiary alicyclic amines) is 1. The van der Waals surface area contributed by atoms with Gasteiger partial charge in [0.15, 0.2) is 0 Å². The quantitative estimate of drug-likeness (QED) is 0.0118. The summed E-state index contributed by atoms with van der Waals surface area (Å²) in [6, 6.07) is 10.4. The van der Waals surface area contributed by atoms with Gasteiger partial charge in [0.2, 0.25) is 23.8 Å². The van der Waals surface area contributed by atoms with Crippen LogP contribution in [0.3, 0.4) is 0 Å². The van der Waals surface area contributed by atoms with E-state index in [1.54, 1.807) is 59.7 Å². The van der Waals surface area contributed by atoms with E-state index in [4.69, 9.17) is 23.7 Å². The van der Waals surface area contributed by atoms with E-state index in [0.717, 1.165) is 64.9 Å². The molecule has 5 rings (SSSR count). The summed E-state index contributed by atoms with van der Waals surface area (Å²) in [6.07, 6.45) is -1.20. The zero-order valence-corrected chi connectivity index (χ0v) is 59.9. The van der Waals surface area contributed by atoms with Crippen LogP contribution >= 0.6 is 15.9 Å². The van der Waals surface area contributed by atoms with Gasteiger partial charge in [0.05, 0.1) is 49.1 Å². The van der Waals surface area contributed by atoms with E-state index in [0.29, 0.717) is 49.3 Å². The van der Waals surface area contributed by atoms with Crippen molar-refractivity contribution < 1.29 is 83.5 Å². The summed E-state index contributed by atoms with van der Waals surface area (Å²) in [5.41, 5.74) is 1.48.